The fraction of sp³-hybridized carbons (Fsp3) is 0.625. The van der Waals surface area contributed by atoms with Gasteiger partial charge in [0.1, 0.15) is 0 Å². The standard InChI is InChI=1S/C8H14N2O/c9-7(11)3-6-8(10)4-1-2-5-8/h3,6H,1-2,4-5,10H2,(H2,9,11). The summed E-state index contributed by atoms with van der Waals surface area (Å²) in [4.78, 5) is 10.4. The summed E-state index contributed by atoms with van der Waals surface area (Å²) in [7, 11) is 0. The van der Waals surface area contributed by atoms with Crippen molar-refractivity contribution in [1.29, 1.82) is 0 Å². The second-order valence-electron chi connectivity index (χ2n) is 3.18. The Bertz CT molecular complexity index is 181. The second kappa shape index (κ2) is 3.05. The first-order valence-corrected chi connectivity index (χ1v) is 3.90. The lowest BCUT2D eigenvalue weighted by atomic mass is 9.99. The molecule has 1 rings (SSSR count). The molecule has 0 radical (unpaired) electrons. The molecule has 0 saturated heterocycles. The van der Waals surface area contributed by atoms with Crippen molar-refractivity contribution in [3.05, 3.63) is 12.2 Å². The van der Waals surface area contributed by atoms with Crippen LogP contribution >= 0.6 is 0 Å². The average molecular weight is 154 g/mol. The molecule has 0 aliphatic heterocycles. The Morgan fingerprint density at radius 3 is 2.36 bits per heavy atom. The number of carbonyl (C=O) groups is 1. The van der Waals surface area contributed by atoms with Crippen LogP contribution < -0.4 is 11.5 Å². The van der Waals surface area contributed by atoms with Crippen LogP contribution in [0.25, 0.3) is 0 Å². The lowest BCUT2D eigenvalue weighted by molar-refractivity contribution is -0.113. The third-order valence-corrected chi connectivity index (χ3v) is 2.11. The van der Waals surface area contributed by atoms with Crippen molar-refractivity contribution in [3.63, 3.8) is 0 Å². The molecule has 0 aromatic carbocycles. The number of hydrogen-bond acceptors (Lipinski definition) is 2. The highest BCUT2D eigenvalue weighted by Crippen LogP contribution is 2.27. The smallest absolute Gasteiger partial charge is 0.241 e. The molecule has 0 heterocycles. The van der Waals surface area contributed by atoms with Gasteiger partial charge < -0.3 is 11.5 Å². The molecule has 3 heteroatoms. The van der Waals surface area contributed by atoms with Crippen LogP contribution in [0.1, 0.15) is 25.7 Å². The van der Waals surface area contributed by atoms with Crippen molar-refractivity contribution in [2.45, 2.75) is 31.2 Å². The Hall–Kier alpha value is -0.830. The molecule has 0 aromatic rings. The van der Waals surface area contributed by atoms with Gasteiger partial charge in [0.2, 0.25) is 5.91 Å². The van der Waals surface area contributed by atoms with Gasteiger partial charge in [-0.1, -0.05) is 18.9 Å². The van der Waals surface area contributed by atoms with E-state index in [9.17, 15) is 4.79 Å². The first kappa shape index (κ1) is 8.27. The van der Waals surface area contributed by atoms with Gasteiger partial charge in [-0.05, 0) is 12.8 Å². The van der Waals surface area contributed by atoms with E-state index in [4.69, 9.17) is 11.5 Å². The van der Waals surface area contributed by atoms with Crippen molar-refractivity contribution >= 4 is 5.91 Å². The van der Waals surface area contributed by atoms with Gasteiger partial charge >= 0.3 is 0 Å². The lowest BCUT2D eigenvalue weighted by Crippen LogP contribution is -2.34. The zero-order chi connectivity index (χ0) is 8.32. The SMILES string of the molecule is NC(=O)C=CC1(N)CCCC1. The van der Waals surface area contributed by atoms with Crippen LogP contribution in [-0.4, -0.2) is 11.4 Å². The molecule has 62 valence electrons. The van der Waals surface area contributed by atoms with Crippen LogP contribution in [0.4, 0.5) is 0 Å². The number of primary amides is 1. The van der Waals surface area contributed by atoms with Crippen LogP contribution in [0.5, 0.6) is 0 Å². The van der Waals surface area contributed by atoms with Gasteiger partial charge in [0.25, 0.3) is 0 Å². The molecular weight excluding hydrogens is 140 g/mol. The fourth-order valence-corrected chi connectivity index (χ4v) is 1.45. The first-order valence-electron chi connectivity index (χ1n) is 3.90. The van der Waals surface area contributed by atoms with Gasteiger partial charge in [-0.3, -0.25) is 4.79 Å². The van der Waals surface area contributed by atoms with E-state index in [0.717, 1.165) is 25.7 Å². The minimum atomic E-state index is -0.415. The Labute approximate surface area is 66.4 Å². The molecule has 0 aromatic heterocycles. The molecule has 1 aliphatic rings. The minimum Gasteiger partial charge on any atom is -0.366 e. The predicted octanol–water partition coefficient (Wildman–Crippen LogP) is 0.299. The van der Waals surface area contributed by atoms with E-state index < -0.39 is 5.91 Å². The van der Waals surface area contributed by atoms with Gasteiger partial charge in [0.15, 0.2) is 0 Å². The van der Waals surface area contributed by atoms with E-state index in [0.29, 0.717) is 0 Å². The fourth-order valence-electron chi connectivity index (χ4n) is 1.45. The zero-order valence-electron chi connectivity index (χ0n) is 6.55. The predicted molar refractivity (Wildman–Crippen MR) is 43.7 cm³/mol. The van der Waals surface area contributed by atoms with Crippen molar-refractivity contribution in [2.24, 2.45) is 11.5 Å². The van der Waals surface area contributed by atoms with Crippen molar-refractivity contribution in [3.8, 4) is 0 Å². The van der Waals surface area contributed by atoms with Gasteiger partial charge in [0.05, 0.1) is 0 Å². The van der Waals surface area contributed by atoms with Crippen molar-refractivity contribution in [1.82, 2.24) is 0 Å². The van der Waals surface area contributed by atoms with Gasteiger partial charge in [0, 0.05) is 11.6 Å². The third kappa shape index (κ3) is 2.35. The van der Waals surface area contributed by atoms with Crippen LogP contribution in [0, 0.1) is 0 Å². The molecule has 0 bridgehead atoms. The first-order chi connectivity index (χ1) is 5.12. The Morgan fingerprint density at radius 2 is 1.91 bits per heavy atom. The maximum atomic E-state index is 10.4. The topological polar surface area (TPSA) is 69.1 Å². The normalized spacial score (nSPS) is 22.6. The summed E-state index contributed by atoms with van der Waals surface area (Å²) in [5.74, 6) is -0.415. The van der Waals surface area contributed by atoms with E-state index in [-0.39, 0.29) is 5.54 Å². The minimum absolute atomic E-state index is 0.255. The van der Waals surface area contributed by atoms with Gasteiger partial charge in [-0.25, -0.2) is 0 Å². The molecule has 1 fully saturated rings. The van der Waals surface area contributed by atoms with Crippen LogP contribution in [0.15, 0.2) is 12.2 Å². The second-order valence-corrected chi connectivity index (χ2v) is 3.18. The summed E-state index contributed by atoms with van der Waals surface area (Å²) in [6, 6.07) is 0. The maximum absolute atomic E-state index is 10.4. The number of hydrogen-bond donors (Lipinski definition) is 2. The third-order valence-electron chi connectivity index (χ3n) is 2.11. The van der Waals surface area contributed by atoms with E-state index in [1.807, 2.05) is 0 Å². The average Bonchev–Trinajstić information content (AvgIpc) is 2.33. The Kier molecular flexibility index (Phi) is 2.29. The highest BCUT2D eigenvalue weighted by molar-refractivity contribution is 5.85. The van der Waals surface area contributed by atoms with E-state index >= 15 is 0 Å². The van der Waals surface area contributed by atoms with Crippen molar-refractivity contribution in [2.75, 3.05) is 0 Å². The van der Waals surface area contributed by atoms with E-state index in [2.05, 4.69) is 0 Å². The number of nitrogens with two attached hydrogens (primary N) is 2. The Balaban J connectivity index is 2.52. The van der Waals surface area contributed by atoms with E-state index in [1.54, 1.807) is 6.08 Å². The molecule has 4 N–H and O–H groups in total. The molecule has 1 amide bonds. The summed E-state index contributed by atoms with van der Waals surface area (Å²) < 4.78 is 0. The van der Waals surface area contributed by atoms with Crippen LogP contribution in [0.3, 0.4) is 0 Å². The zero-order valence-corrected chi connectivity index (χ0v) is 6.55. The summed E-state index contributed by atoms with van der Waals surface area (Å²) in [5.41, 5.74) is 10.6. The molecule has 0 unspecified atom stereocenters. The van der Waals surface area contributed by atoms with Gasteiger partial charge in [-0.2, -0.15) is 0 Å². The summed E-state index contributed by atoms with van der Waals surface area (Å²) in [5, 5.41) is 0. The molecule has 1 saturated carbocycles. The highest BCUT2D eigenvalue weighted by atomic mass is 16.1. The molecular formula is C8H14N2O. The largest absolute Gasteiger partial charge is 0.366 e. The molecule has 11 heavy (non-hydrogen) atoms. The molecule has 0 spiro atoms. The molecule has 0 atom stereocenters. The molecule has 1 aliphatic carbocycles. The maximum Gasteiger partial charge on any atom is 0.241 e. The summed E-state index contributed by atoms with van der Waals surface area (Å²) in [6.45, 7) is 0. The lowest BCUT2D eigenvalue weighted by Gasteiger charge is -2.17. The van der Waals surface area contributed by atoms with Crippen LogP contribution in [-0.2, 0) is 4.79 Å². The monoisotopic (exact) mass is 154 g/mol. The Morgan fingerprint density at radius 1 is 1.36 bits per heavy atom. The highest BCUT2D eigenvalue weighted by Gasteiger charge is 2.25. The van der Waals surface area contributed by atoms with Gasteiger partial charge in [-0.15, -0.1) is 0 Å². The summed E-state index contributed by atoms with van der Waals surface area (Å²) >= 11 is 0. The van der Waals surface area contributed by atoms with Crippen LogP contribution in [0.2, 0.25) is 0 Å². The van der Waals surface area contributed by atoms with Crippen molar-refractivity contribution < 1.29 is 4.79 Å². The van der Waals surface area contributed by atoms with E-state index in [1.165, 1.54) is 6.08 Å². The molecule has 3 nitrogen and oxygen atoms in total. The number of carbonyl (C=O) groups excluding carboxylic acids is 1. The summed E-state index contributed by atoms with van der Waals surface area (Å²) in [6.07, 6.45) is 7.35. The number of amides is 1. The quantitative estimate of drug-likeness (QED) is 0.561. The number of rotatable bonds is 2.